The van der Waals surface area contributed by atoms with E-state index in [9.17, 15) is 18.7 Å². The Morgan fingerprint density at radius 1 is 1.12 bits per heavy atom. The van der Waals surface area contributed by atoms with Crippen molar-refractivity contribution in [2.45, 2.75) is 32.7 Å². The van der Waals surface area contributed by atoms with Gasteiger partial charge >= 0.3 is 5.97 Å². The van der Waals surface area contributed by atoms with Crippen LogP contribution >= 0.6 is 0 Å². The summed E-state index contributed by atoms with van der Waals surface area (Å²) >= 11 is 0. The largest absolute Gasteiger partial charge is 0.489 e. The van der Waals surface area contributed by atoms with Gasteiger partial charge in [-0.25, -0.2) is 13.6 Å². The van der Waals surface area contributed by atoms with Crippen molar-refractivity contribution in [1.82, 2.24) is 0 Å². The lowest BCUT2D eigenvalue weighted by molar-refractivity contribution is -0.153. The average Bonchev–Trinajstić information content (AvgIpc) is 2.53. The van der Waals surface area contributed by atoms with Crippen LogP contribution < -0.4 is 4.74 Å². The molecule has 0 saturated heterocycles. The summed E-state index contributed by atoms with van der Waals surface area (Å²) in [4.78, 5) is 11.3. The molecular weight excluding hydrogens is 318 g/mol. The van der Waals surface area contributed by atoms with Crippen LogP contribution in [0, 0.1) is 11.6 Å². The van der Waals surface area contributed by atoms with Crippen LogP contribution in [0.2, 0.25) is 0 Å². The Kier molecular flexibility index (Phi) is 5.87. The first-order valence-electron chi connectivity index (χ1n) is 7.41. The van der Waals surface area contributed by atoms with Gasteiger partial charge in [-0.1, -0.05) is 12.1 Å². The Balaban J connectivity index is 2.06. The molecule has 4 nitrogen and oxygen atoms in total. The SMILES string of the molecule is CC(C)OC(C(=O)O)c1ccc(OCc2cc(F)ccc2F)cc1. The second-order valence-electron chi connectivity index (χ2n) is 5.50. The van der Waals surface area contributed by atoms with E-state index in [0.717, 1.165) is 18.2 Å². The Morgan fingerprint density at radius 2 is 1.79 bits per heavy atom. The molecule has 24 heavy (non-hydrogen) atoms. The quantitative estimate of drug-likeness (QED) is 0.827. The van der Waals surface area contributed by atoms with Crippen LogP contribution in [0.5, 0.6) is 5.75 Å². The van der Waals surface area contributed by atoms with E-state index in [1.165, 1.54) is 0 Å². The molecule has 0 saturated carbocycles. The number of carbonyl (C=O) groups is 1. The molecule has 0 aromatic heterocycles. The highest BCUT2D eigenvalue weighted by molar-refractivity contribution is 5.74. The fourth-order valence-electron chi connectivity index (χ4n) is 2.11. The van der Waals surface area contributed by atoms with E-state index in [1.54, 1.807) is 38.1 Å². The van der Waals surface area contributed by atoms with Crippen molar-refractivity contribution in [1.29, 1.82) is 0 Å². The summed E-state index contributed by atoms with van der Waals surface area (Å²) < 4.78 is 37.4. The molecule has 0 aliphatic rings. The van der Waals surface area contributed by atoms with Crippen LogP contribution in [0.4, 0.5) is 8.78 Å². The summed E-state index contributed by atoms with van der Waals surface area (Å²) in [5.41, 5.74) is 0.575. The fourth-order valence-corrected chi connectivity index (χ4v) is 2.11. The molecule has 2 aromatic rings. The minimum absolute atomic E-state index is 0.102. The van der Waals surface area contributed by atoms with E-state index in [-0.39, 0.29) is 18.3 Å². The van der Waals surface area contributed by atoms with Crippen LogP contribution in [0.15, 0.2) is 42.5 Å². The predicted octanol–water partition coefficient (Wildman–Crippen LogP) is 4.09. The van der Waals surface area contributed by atoms with Crippen molar-refractivity contribution < 1.29 is 28.2 Å². The van der Waals surface area contributed by atoms with Gasteiger partial charge in [0.05, 0.1) is 6.10 Å². The number of aliphatic carboxylic acids is 1. The Bertz CT molecular complexity index is 699. The second kappa shape index (κ2) is 7.88. The normalized spacial score (nSPS) is 12.2. The molecule has 2 rings (SSSR count). The van der Waals surface area contributed by atoms with Gasteiger partial charge in [-0.2, -0.15) is 0 Å². The van der Waals surface area contributed by atoms with Crippen molar-refractivity contribution in [3.8, 4) is 5.75 Å². The molecule has 1 N–H and O–H groups in total. The number of benzene rings is 2. The first-order valence-corrected chi connectivity index (χ1v) is 7.41. The van der Waals surface area contributed by atoms with E-state index in [4.69, 9.17) is 9.47 Å². The van der Waals surface area contributed by atoms with Gasteiger partial charge in [-0.3, -0.25) is 0 Å². The molecule has 0 heterocycles. The Hall–Kier alpha value is -2.47. The van der Waals surface area contributed by atoms with E-state index in [1.807, 2.05) is 0 Å². The molecule has 1 atom stereocenters. The van der Waals surface area contributed by atoms with Gasteiger partial charge in [0, 0.05) is 5.56 Å². The molecule has 0 aliphatic heterocycles. The van der Waals surface area contributed by atoms with Crippen molar-refractivity contribution in [2.24, 2.45) is 0 Å². The number of rotatable bonds is 7. The summed E-state index contributed by atoms with van der Waals surface area (Å²) in [6, 6.07) is 9.40. The number of hydrogen-bond donors (Lipinski definition) is 1. The number of halogens is 2. The van der Waals surface area contributed by atoms with Gasteiger partial charge < -0.3 is 14.6 Å². The Morgan fingerprint density at radius 3 is 2.38 bits per heavy atom. The van der Waals surface area contributed by atoms with Crippen molar-refractivity contribution in [3.05, 3.63) is 65.2 Å². The van der Waals surface area contributed by atoms with Crippen LogP contribution in [0.1, 0.15) is 31.1 Å². The molecule has 0 amide bonds. The molecule has 0 radical (unpaired) electrons. The van der Waals surface area contributed by atoms with Crippen molar-refractivity contribution in [3.63, 3.8) is 0 Å². The number of ether oxygens (including phenoxy) is 2. The van der Waals surface area contributed by atoms with E-state index in [0.29, 0.717) is 11.3 Å². The van der Waals surface area contributed by atoms with Gasteiger partial charge in [0.15, 0.2) is 6.10 Å². The summed E-state index contributed by atoms with van der Waals surface area (Å²) in [6.07, 6.45) is -1.31. The summed E-state index contributed by atoms with van der Waals surface area (Å²) in [5.74, 6) is -1.76. The maximum atomic E-state index is 13.5. The van der Waals surface area contributed by atoms with E-state index in [2.05, 4.69) is 0 Å². The molecule has 0 spiro atoms. The zero-order valence-corrected chi connectivity index (χ0v) is 13.3. The van der Waals surface area contributed by atoms with Gasteiger partial charge in [-0.15, -0.1) is 0 Å². The maximum absolute atomic E-state index is 13.5. The predicted molar refractivity (Wildman–Crippen MR) is 83.7 cm³/mol. The highest BCUT2D eigenvalue weighted by Gasteiger charge is 2.21. The third-order valence-electron chi connectivity index (χ3n) is 3.22. The lowest BCUT2D eigenvalue weighted by atomic mass is 10.1. The monoisotopic (exact) mass is 336 g/mol. The number of hydrogen-bond acceptors (Lipinski definition) is 3. The van der Waals surface area contributed by atoms with Crippen LogP contribution in [-0.4, -0.2) is 17.2 Å². The molecule has 0 fully saturated rings. The lowest BCUT2D eigenvalue weighted by Gasteiger charge is -2.17. The topological polar surface area (TPSA) is 55.8 Å². The van der Waals surface area contributed by atoms with Crippen LogP contribution in [-0.2, 0) is 16.1 Å². The summed E-state index contributed by atoms with van der Waals surface area (Å²) in [5, 5.41) is 9.22. The molecule has 1 unspecified atom stereocenters. The molecule has 0 bridgehead atoms. The third-order valence-corrected chi connectivity index (χ3v) is 3.22. The molecular formula is C18H18F2O4. The molecule has 6 heteroatoms. The van der Waals surface area contributed by atoms with Crippen molar-refractivity contribution >= 4 is 5.97 Å². The zero-order valence-electron chi connectivity index (χ0n) is 13.3. The third kappa shape index (κ3) is 4.76. The fraction of sp³-hybridized carbons (Fsp3) is 0.278. The lowest BCUT2D eigenvalue weighted by Crippen LogP contribution is -2.19. The van der Waals surface area contributed by atoms with E-state index >= 15 is 0 Å². The number of carboxylic acids is 1. The highest BCUT2D eigenvalue weighted by atomic mass is 19.1. The first-order chi connectivity index (χ1) is 11.4. The first kappa shape index (κ1) is 17.9. The highest BCUT2D eigenvalue weighted by Crippen LogP contribution is 2.23. The van der Waals surface area contributed by atoms with E-state index < -0.39 is 23.7 Å². The molecule has 0 aliphatic carbocycles. The summed E-state index contributed by atoms with van der Waals surface area (Å²) in [6.45, 7) is 3.37. The average molecular weight is 336 g/mol. The van der Waals surface area contributed by atoms with Gasteiger partial charge in [0.2, 0.25) is 0 Å². The summed E-state index contributed by atoms with van der Waals surface area (Å²) in [7, 11) is 0. The van der Waals surface area contributed by atoms with Gasteiger partial charge in [-0.05, 0) is 49.7 Å². The molecule has 128 valence electrons. The van der Waals surface area contributed by atoms with Crippen LogP contribution in [0.25, 0.3) is 0 Å². The minimum atomic E-state index is -1.08. The maximum Gasteiger partial charge on any atom is 0.337 e. The van der Waals surface area contributed by atoms with Gasteiger partial charge in [0.25, 0.3) is 0 Å². The van der Waals surface area contributed by atoms with Crippen molar-refractivity contribution in [2.75, 3.05) is 0 Å². The minimum Gasteiger partial charge on any atom is -0.489 e. The van der Waals surface area contributed by atoms with Gasteiger partial charge in [0.1, 0.15) is 24.0 Å². The second-order valence-corrected chi connectivity index (χ2v) is 5.50. The van der Waals surface area contributed by atoms with Crippen LogP contribution in [0.3, 0.4) is 0 Å². The Labute approximate surface area is 138 Å². The standard InChI is InChI=1S/C18H18F2O4/c1-11(2)24-17(18(21)22)12-3-6-15(7-4-12)23-10-13-9-14(19)5-8-16(13)20/h3-9,11,17H,10H2,1-2H3,(H,21,22). The molecule has 2 aromatic carbocycles. The zero-order chi connectivity index (χ0) is 17.7. The number of carboxylic acid groups (broad SMARTS) is 1. The smallest absolute Gasteiger partial charge is 0.337 e.